The van der Waals surface area contributed by atoms with Gasteiger partial charge in [-0.05, 0) is 44.0 Å². The Hall–Kier alpha value is -1.04. The van der Waals surface area contributed by atoms with Gasteiger partial charge in [-0.15, -0.1) is 0 Å². The van der Waals surface area contributed by atoms with Crippen LogP contribution in [-0.2, 0) is 0 Å². The predicted molar refractivity (Wildman–Crippen MR) is 83.2 cm³/mol. The maximum Gasteiger partial charge on any atom is 0.180 e. The lowest BCUT2D eigenvalue weighted by Crippen LogP contribution is -1.94. The van der Waals surface area contributed by atoms with E-state index in [9.17, 15) is 0 Å². The zero-order chi connectivity index (χ0) is 13.4. The van der Waals surface area contributed by atoms with Gasteiger partial charge in [0.05, 0.1) is 9.99 Å². The van der Waals surface area contributed by atoms with Gasteiger partial charge in [0.1, 0.15) is 10.8 Å². The Morgan fingerprint density at radius 3 is 2.58 bits per heavy atom. The van der Waals surface area contributed by atoms with Crippen molar-refractivity contribution in [2.24, 2.45) is 0 Å². The lowest BCUT2D eigenvalue weighted by Gasteiger charge is -2.05. The van der Waals surface area contributed by atoms with Crippen molar-refractivity contribution in [3.05, 3.63) is 50.6 Å². The molecule has 0 saturated heterocycles. The van der Waals surface area contributed by atoms with E-state index in [1.807, 2.05) is 30.3 Å². The Balaban J connectivity index is 2.23. The molecule has 0 amide bonds. The number of hydrogen-bond donors (Lipinski definition) is 0. The Morgan fingerprint density at radius 1 is 1.00 bits per heavy atom. The smallest absolute Gasteiger partial charge is 0.180 e. The van der Waals surface area contributed by atoms with Crippen LogP contribution in [0.25, 0.3) is 22.4 Å². The standard InChI is InChI=1S/C13H6Br2ClN3/c14-8-5-7-3-1-2-4-10(7)18-11(8)13-17-6-9(15)12(16)19-13/h1-6H. The Bertz CT molecular complexity index is 777. The molecule has 0 radical (unpaired) electrons. The first kappa shape index (κ1) is 13.0. The van der Waals surface area contributed by atoms with Gasteiger partial charge in [-0.25, -0.2) is 15.0 Å². The number of aromatic nitrogens is 3. The quantitative estimate of drug-likeness (QED) is 0.548. The molecule has 0 unspecified atom stereocenters. The number of pyridine rings is 1. The second-order valence-electron chi connectivity index (χ2n) is 3.84. The van der Waals surface area contributed by atoms with E-state index in [0.717, 1.165) is 15.4 Å². The van der Waals surface area contributed by atoms with E-state index in [2.05, 4.69) is 46.8 Å². The molecule has 0 spiro atoms. The third kappa shape index (κ3) is 2.50. The first-order chi connectivity index (χ1) is 9.15. The molecule has 0 N–H and O–H groups in total. The predicted octanol–water partition coefficient (Wildman–Crippen LogP) is 4.87. The van der Waals surface area contributed by atoms with Crippen molar-refractivity contribution in [2.45, 2.75) is 0 Å². The Labute approximate surface area is 131 Å². The van der Waals surface area contributed by atoms with Crippen molar-refractivity contribution >= 4 is 54.4 Å². The fourth-order valence-electron chi connectivity index (χ4n) is 1.71. The van der Waals surface area contributed by atoms with Crippen molar-refractivity contribution in [3.8, 4) is 11.5 Å². The summed E-state index contributed by atoms with van der Waals surface area (Å²) in [5.41, 5.74) is 1.57. The van der Waals surface area contributed by atoms with Crippen LogP contribution in [0, 0.1) is 0 Å². The molecule has 0 atom stereocenters. The van der Waals surface area contributed by atoms with Crippen molar-refractivity contribution in [3.63, 3.8) is 0 Å². The fraction of sp³-hybridized carbons (Fsp3) is 0. The second kappa shape index (κ2) is 5.15. The molecule has 94 valence electrons. The summed E-state index contributed by atoms with van der Waals surface area (Å²) in [6, 6.07) is 9.88. The second-order valence-corrected chi connectivity index (χ2v) is 5.91. The van der Waals surface area contributed by atoms with Crippen molar-refractivity contribution in [1.29, 1.82) is 0 Å². The number of benzene rings is 1. The topological polar surface area (TPSA) is 38.7 Å². The first-order valence-electron chi connectivity index (χ1n) is 5.39. The Morgan fingerprint density at radius 2 is 1.79 bits per heavy atom. The number of halogens is 3. The van der Waals surface area contributed by atoms with E-state index in [1.54, 1.807) is 6.20 Å². The normalized spacial score (nSPS) is 10.9. The Kier molecular flexibility index (Phi) is 3.52. The van der Waals surface area contributed by atoms with Crippen LogP contribution in [-0.4, -0.2) is 15.0 Å². The van der Waals surface area contributed by atoms with Gasteiger partial charge in [0, 0.05) is 16.1 Å². The minimum Gasteiger partial charge on any atom is -0.243 e. The molecule has 2 heterocycles. The molecule has 0 bridgehead atoms. The molecular formula is C13H6Br2ClN3. The summed E-state index contributed by atoms with van der Waals surface area (Å²) < 4.78 is 1.50. The van der Waals surface area contributed by atoms with Gasteiger partial charge >= 0.3 is 0 Å². The van der Waals surface area contributed by atoms with E-state index in [-0.39, 0.29) is 0 Å². The molecular weight excluding hydrogens is 393 g/mol. The molecule has 1 aromatic carbocycles. The summed E-state index contributed by atoms with van der Waals surface area (Å²) >= 11 is 12.8. The average molecular weight is 399 g/mol. The van der Waals surface area contributed by atoms with Crippen molar-refractivity contribution in [1.82, 2.24) is 15.0 Å². The highest BCUT2D eigenvalue weighted by Gasteiger charge is 2.11. The van der Waals surface area contributed by atoms with Crippen LogP contribution in [0.3, 0.4) is 0 Å². The molecule has 3 aromatic rings. The zero-order valence-corrected chi connectivity index (χ0v) is 13.4. The van der Waals surface area contributed by atoms with Crippen LogP contribution in [0.5, 0.6) is 0 Å². The molecule has 0 aliphatic rings. The maximum absolute atomic E-state index is 5.99. The van der Waals surface area contributed by atoms with Gasteiger partial charge in [-0.2, -0.15) is 0 Å². The lowest BCUT2D eigenvalue weighted by molar-refractivity contribution is 1.13. The van der Waals surface area contributed by atoms with Crippen molar-refractivity contribution in [2.75, 3.05) is 0 Å². The molecule has 2 aromatic heterocycles. The summed E-state index contributed by atoms with van der Waals surface area (Å²) in [4.78, 5) is 13.0. The molecule has 0 fully saturated rings. The summed E-state index contributed by atoms with van der Waals surface area (Å²) in [5.74, 6) is 0.492. The van der Waals surface area contributed by atoms with Crippen LogP contribution >= 0.6 is 43.5 Å². The van der Waals surface area contributed by atoms with Gasteiger partial charge in [0.25, 0.3) is 0 Å². The largest absolute Gasteiger partial charge is 0.243 e. The van der Waals surface area contributed by atoms with Gasteiger partial charge in [0.15, 0.2) is 5.82 Å². The minimum absolute atomic E-state index is 0.367. The van der Waals surface area contributed by atoms with E-state index in [0.29, 0.717) is 21.1 Å². The van der Waals surface area contributed by atoms with Crippen LogP contribution in [0.15, 0.2) is 45.5 Å². The van der Waals surface area contributed by atoms with E-state index in [4.69, 9.17) is 11.6 Å². The highest BCUT2D eigenvalue weighted by molar-refractivity contribution is 9.11. The SMILES string of the molecule is Clc1nc(-c2nc3ccccc3cc2Br)ncc1Br. The van der Waals surface area contributed by atoms with Gasteiger partial charge in [-0.1, -0.05) is 29.8 Å². The highest BCUT2D eigenvalue weighted by atomic mass is 79.9. The monoisotopic (exact) mass is 397 g/mol. The molecule has 0 aliphatic carbocycles. The van der Waals surface area contributed by atoms with Crippen LogP contribution in [0.1, 0.15) is 0 Å². The zero-order valence-electron chi connectivity index (χ0n) is 9.44. The lowest BCUT2D eigenvalue weighted by atomic mass is 10.2. The van der Waals surface area contributed by atoms with E-state index < -0.39 is 0 Å². The summed E-state index contributed by atoms with van der Waals surface area (Å²) in [5, 5.41) is 1.42. The van der Waals surface area contributed by atoms with Crippen LogP contribution in [0.2, 0.25) is 5.15 Å². The van der Waals surface area contributed by atoms with E-state index >= 15 is 0 Å². The van der Waals surface area contributed by atoms with E-state index in [1.165, 1.54) is 0 Å². The van der Waals surface area contributed by atoms with Crippen LogP contribution < -0.4 is 0 Å². The molecule has 19 heavy (non-hydrogen) atoms. The molecule has 3 nitrogen and oxygen atoms in total. The van der Waals surface area contributed by atoms with Gasteiger partial charge < -0.3 is 0 Å². The van der Waals surface area contributed by atoms with Gasteiger partial charge in [0.2, 0.25) is 0 Å². The maximum atomic E-state index is 5.99. The number of fused-ring (bicyclic) bond motifs is 1. The minimum atomic E-state index is 0.367. The molecule has 0 saturated carbocycles. The van der Waals surface area contributed by atoms with Gasteiger partial charge in [-0.3, -0.25) is 0 Å². The third-order valence-corrected chi connectivity index (χ3v) is 4.29. The molecule has 0 aliphatic heterocycles. The third-order valence-electron chi connectivity index (χ3n) is 2.59. The molecule has 6 heteroatoms. The summed E-state index contributed by atoms with van der Waals surface area (Å²) in [7, 11) is 0. The summed E-state index contributed by atoms with van der Waals surface area (Å²) in [6.45, 7) is 0. The number of rotatable bonds is 1. The van der Waals surface area contributed by atoms with Crippen molar-refractivity contribution < 1.29 is 0 Å². The first-order valence-corrected chi connectivity index (χ1v) is 7.35. The number of nitrogens with zero attached hydrogens (tertiary/aromatic N) is 3. The molecule has 3 rings (SSSR count). The fourth-order valence-corrected chi connectivity index (χ4v) is 2.54. The van der Waals surface area contributed by atoms with Crippen LogP contribution in [0.4, 0.5) is 0 Å². The summed E-state index contributed by atoms with van der Waals surface area (Å²) in [6.07, 6.45) is 1.62. The number of para-hydroxylation sites is 1. The highest BCUT2D eigenvalue weighted by Crippen LogP contribution is 2.29. The number of hydrogen-bond acceptors (Lipinski definition) is 3. The average Bonchev–Trinajstić information content (AvgIpc) is 2.41.